The van der Waals surface area contributed by atoms with Crippen LogP contribution in [0.15, 0.2) is 0 Å². The van der Waals surface area contributed by atoms with Crippen molar-refractivity contribution in [2.75, 3.05) is 19.8 Å². The van der Waals surface area contributed by atoms with E-state index < -0.39 is 8.56 Å². The fraction of sp³-hybridized carbons (Fsp3) is 1.00. The molecule has 0 N–H and O–H groups in total. The van der Waals surface area contributed by atoms with E-state index in [0.717, 1.165) is 45.1 Å². The Balaban J connectivity index is 2.65. The van der Waals surface area contributed by atoms with E-state index in [1.54, 1.807) is 0 Å². The normalized spacial score (nSPS) is 23.2. The Morgan fingerprint density at radius 3 is 2.22 bits per heavy atom. The Morgan fingerprint density at radius 1 is 1.22 bits per heavy atom. The predicted octanol–water partition coefficient (Wildman–Crippen LogP) is 3.73. The molecule has 0 aromatic rings. The van der Waals surface area contributed by atoms with Gasteiger partial charge in [-0.3, -0.25) is 0 Å². The monoisotopic (exact) mass is 274 g/mol. The Labute approximate surface area is 113 Å². The minimum Gasteiger partial charge on any atom is -0.394 e. The van der Waals surface area contributed by atoms with Crippen LogP contribution < -0.4 is 0 Å². The van der Waals surface area contributed by atoms with Crippen LogP contribution in [0.2, 0.25) is 12.6 Å². The first-order valence-corrected chi connectivity index (χ1v) is 9.97. The van der Waals surface area contributed by atoms with Crippen LogP contribution in [0.4, 0.5) is 0 Å². The predicted molar refractivity (Wildman–Crippen MR) is 77.0 cm³/mol. The van der Waals surface area contributed by atoms with E-state index in [2.05, 4.69) is 34.2 Å². The zero-order valence-corrected chi connectivity index (χ0v) is 13.8. The molecule has 3 nitrogen and oxygen atoms in total. The smallest absolute Gasteiger partial charge is 0.334 e. The summed E-state index contributed by atoms with van der Waals surface area (Å²) < 4.78 is 18.0. The van der Waals surface area contributed by atoms with Crippen molar-refractivity contribution in [1.82, 2.24) is 0 Å². The number of ether oxygens (including phenoxy) is 1. The number of rotatable bonds is 9. The molecule has 0 spiro atoms. The summed E-state index contributed by atoms with van der Waals surface area (Å²) in [4.78, 5) is 0. The number of hydrogen-bond donors (Lipinski definition) is 0. The largest absolute Gasteiger partial charge is 0.394 e. The van der Waals surface area contributed by atoms with E-state index in [9.17, 15) is 0 Å². The maximum Gasteiger partial charge on any atom is 0.334 e. The van der Waals surface area contributed by atoms with E-state index in [0.29, 0.717) is 6.10 Å². The molecular formula is C14H30O3Si. The van der Waals surface area contributed by atoms with Gasteiger partial charge >= 0.3 is 8.56 Å². The third-order valence-corrected chi connectivity index (χ3v) is 7.06. The molecule has 18 heavy (non-hydrogen) atoms. The zero-order chi connectivity index (χ0) is 13.6. The lowest BCUT2D eigenvalue weighted by atomic mass is 9.77. The van der Waals surface area contributed by atoms with Crippen molar-refractivity contribution in [3.63, 3.8) is 0 Å². The first-order valence-electron chi connectivity index (χ1n) is 7.45. The van der Waals surface area contributed by atoms with Crippen molar-refractivity contribution in [3.8, 4) is 0 Å². The highest BCUT2D eigenvalue weighted by atomic mass is 28.4. The van der Waals surface area contributed by atoms with Crippen LogP contribution >= 0.6 is 0 Å². The molecule has 1 aliphatic heterocycles. The van der Waals surface area contributed by atoms with Crippen molar-refractivity contribution < 1.29 is 13.6 Å². The van der Waals surface area contributed by atoms with E-state index in [4.69, 9.17) is 13.6 Å². The molecule has 0 aromatic heterocycles. The Bertz CT molecular complexity index is 238. The third kappa shape index (κ3) is 3.56. The lowest BCUT2D eigenvalue weighted by Crippen LogP contribution is -2.56. The van der Waals surface area contributed by atoms with Crippen molar-refractivity contribution >= 4 is 8.56 Å². The Morgan fingerprint density at radius 2 is 1.89 bits per heavy atom. The van der Waals surface area contributed by atoms with Gasteiger partial charge in [0, 0.05) is 12.0 Å². The summed E-state index contributed by atoms with van der Waals surface area (Å²) in [6.45, 7) is 13.5. The van der Waals surface area contributed by atoms with E-state index in [1.807, 2.05) is 0 Å². The fourth-order valence-electron chi connectivity index (χ4n) is 2.46. The Hall–Kier alpha value is 0.0969. The lowest BCUT2D eigenvalue weighted by molar-refractivity contribution is -0.172. The second-order valence-corrected chi connectivity index (χ2v) is 9.06. The van der Waals surface area contributed by atoms with Crippen LogP contribution in [-0.2, 0) is 13.6 Å². The minimum atomic E-state index is -1.99. The van der Waals surface area contributed by atoms with Gasteiger partial charge in [-0.2, -0.15) is 0 Å². The van der Waals surface area contributed by atoms with Crippen molar-refractivity contribution in [2.24, 2.45) is 5.41 Å². The topological polar surface area (TPSA) is 27.7 Å². The highest BCUT2D eigenvalue weighted by Crippen LogP contribution is 2.39. The molecule has 1 heterocycles. The van der Waals surface area contributed by atoms with E-state index >= 15 is 0 Å². The summed E-state index contributed by atoms with van der Waals surface area (Å²) >= 11 is 0. The van der Waals surface area contributed by atoms with Crippen LogP contribution in [0.1, 0.15) is 47.0 Å². The molecule has 2 atom stereocenters. The lowest BCUT2D eigenvalue weighted by Gasteiger charge is -2.48. The van der Waals surface area contributed by atoms with E-state index in [1.165, 1.54) is 0 Å². The van der Waals surface area contributed by atoms with Crippen molar-refractivity contribution in [1.29, 1.82) is 0 Å². The quantitative estimate of drug-likeness (QED) is 0.600. The van der Waals surface area contributed by atoms with Gasteiger partial charge < -0.3 is 13.6 Å². The summed E-state index contributed by atoms with van der Waals surface area (Å²) in [7, 11) is -1.99. The average molecular weight is 274 g/mol. The van der Waals surface area contributed by atoms with Crippen LogP contribution in [0.25, 0.3) is 0 Å². The molecule has 4 heteroatoms. The molecule has 1 fully saturated rings. The van der Waals surface area contributed by atoms with Gasteiger partial charge in [-0.1, -0.05) is 27.7 Å². The molecule has 1 aliphatic rings. The highest BCUT2D eigenvalue weighted by molar-refractivity contribution is 6.66. The van der Waals surface area contributed by atoms with Gasteiger partial charge in [0.25, 0.3) is 0 Å². The first kappa shape index (κ1) is 16.2. The van der Waals surface area contributed by atoms with Crippen molar-refractivity contribution in [3.05, 3.63) is 0 Å². The first-order chi connectivity index (χ1) is 8.55. The van der Waals surface area contributed by atoms with Gasteiger partial charge in [0.1, 0.15) is 0 Å². The van der Waals surface area contributed by atoms with Crippen LogP contribution in [0, 0.1) is 5.41 Å². The second kappa shape index (κ2) is 7.03. The summed E-state index contributed by atoms with van der Waals surface area (Å²) in [5, 5.41) is 0. The van der Waals surface area contributed by atoms with Crippen molar-refractivity contribution in [2.45, 2.75) is 65.7 Å². The summed E-state index contributed by atoms with van der Waals surface area (Å²) in [6, 6.07) is 1.02. The summed E-state index contributed by atoms with van der Waals surface area (Å²) in [5.74, 6) is 0. The molecule has 0 bridgehead atoms. The van der Waals surface area contributed by atoms with Gasteiger partial charge in [-0.15, -0.1) is 0 Å². The summed E-state index contributed by atoms with van der Waals surface area (Å²) in [5.41, 5.74) is 0.244. The van der Waals surface area contributed by atoms with Gasteiger partial charge in [0.2, 0.25) is 0 Å². The molecule has 1 saturated heterocycles. The SMILES string of the molecule is CCCO[Si](C)(CC)OC(CC)C1(CC)COC1. The second-order valence-electron chi connectivity index (χ2n) is 5.56. The van der Waals surface area contributed by atoms with Gasteiger partial charge in [-0.05, 0) is 31.9 Å². The fourth-order valence-corrected chi connectivity index (χ4v) is 4.55. The molecular weight excluding hydrogens is 244 g/mol. The molecule has 0 radical (unpaired) electrons. The molecule has 0 aromatic carbocycles. The third-order valence-electron chi connectivity index (χ3n) is 4.18. The zero-order valence-electron chi connectivity index (χ0n) is 12.8. The summed E-state index contributed by atoms with van der Waals surface area (Å²) in [6.07, 6.45) is 3.54. The van der Waals surface area contributed by atoms with Crippen LogP contribution in [-0.4, -0.2) is 34.5 Å². The van der Waals surface area contributed by atoms with Gasteiger partial charge in [0.05, 0.1) is 19.3 Å². The Kier molecular flexibility index (Phi) is 6.31. The maximum absolute atomic E-state index is 6.47. The van der Waals surface area contributed by atoms with E-state index in [-0.39, 0.29) is 5.41 Å². The highest BCUT2D eigenvalue weighted by Gasteiger charge is 2.47. The standard InChI is InChI=1S/C14H30O3Si/c1-6-10-16-18(5,9-4)17-13(7-2)14(8-3)11-15-12-14/h13H,6-12H2,1-5H3. The van der Waals surface area contributed by atoms with Crippen LogP contribution in [0.3, 0.4) is 0 Å². The molecule has 0 aliphatic carbocycles. The van der Waals surface area contributed by atoms with Gasteiger partial charge in [0.15, 0.2) is 0 Å². The molecule has 2 unspecified atom stereocenters. The van der Waals surface area contributed by atoms with Crippen LogP contribution in [0.5, 0.6) is 0 Å². The molecule has 108 valence electrons. The van der Waals surface area contributed by atoms with Gasteiger partial charge in [-0.25, -0.2) is 0 Å². The molecule has 1 rings (SSSR count). The number of hydrogen-bond acceptors (Lipinski definition) is 3. The molecule has 0 saturated carbocycles. The average Bonchev–Trinajstić information content (AvgIpc) is 2.34. The maximum atomic E-state index is 6.47. The minimum absolute atomic E-state index is 0.244. The molecule has 0 amide bonds.